The summed E-state index contributed by atoms with van der Waals surface area (Å²) < 4.78 is 26.2. The number of nitrogens with two attached hydrogens (primary N) is 1. The zero-order valence-corrected chi connectivity index (χ0v) is 11.6. The van der Waals surface area contributed by atoms with Gasteiger partial charge in [0.15, 0.2) is 9.84 Å². The van der Waals surface area contributed by atoms with Gasteiger partial charge in [-0.3, -0.25) is 0 Å². The summed E-state index contributed by atoms with van der Waals surface area (Å²) in [5.74, 6) is 0.0818. The van der Waals surface area contributed by atoms with Crippen LogP contribution >= 0.6 is 0 Å². The van der Waals surface area contributed by atoms with Crippen molar-refractivity contribution in [3.05, 3.63) is 42.5 Å². The van der Waals surface area contributed by atoms with Gasteiger partial charge in [-0.05, 0) is 31.0 Å². The number of nitrogens with zero attached hydrogens (tertiary/aromatic N) is 2. The zero-order valence-electron chi connectivity index (χ0n) is 10.8. The lowest BCUT2D eigenvalue weighted by molar-refractivity contribution is 0.586. The van der Waals surface area contributed by atoms with Crippen LogP contribution in [0.4, 0.5) is 5.69 Å². The van der Waals surface area contributed by atoms with Crippen LogP contribution in [0.25, 0.3) is 0 Å². The highest BCUT2D eigenvalue weighted by Crippen LogP contribution is 2.21. The second-order valence-electron chi connectivity index (χ2n) is 4.51. The Kier molecular flexibility index (Phi) is 3.90. The van der Waals surface area contributed by atoms with Crippen molar-refractivity contribution in [2.45, 2.75) is 24.8 Å². The average molecular weight is 279 g/mol. The van der Waals surface area contributed by atoms with E-state index in [0.717, 1.165) is 5.56 Å². The van der Waals surface area contributed by atoms with Gasteiger partial charge in [0.1, 0.15) is 0 Å². The van der Waals surface area contributed by atoms with Crippen LogP contribution in [0, 0.1) is 6.92 Å². The quantitative estimate of drug-likeness (QED) is 0.844. The number of benzene rings is 1. The Labute approximate surface area is 113 Å². The van der Waals surface area contributed by atoms with Crippen LogP contribution < -0.4 is 5.73 Å². The molecule has 6 heteroatoms. The van der Waals surface area contributed by atoms with E-state index in [1.165, 1.54) is 0 Å². The van der Waals surface area contributed by atoms with Gasteiger partial charge in [-0.25, -0.2) is 13.4 Å². The first-order chi connectivity index (χ1) is 8.99. The van der Waals surface area contributed by atoms with Crippen molar-refractivity contribution < 1.29 is 8.42 Å². The predicted molar refractivity (Wildman–Crippen MR) is 74.5 cm³/mol. The van der Waals surface area contributed by atoms with Crippen LogP contribution in [-0.2, 0) is 16.4 Å². The molecule has 1 aromatic carbocycles. The van der Waals surface area contributed by atoms with Crippen molar-refractivity contribution in [1.82, 2.24) is 9.55 Å². The van der Waals surface area contributed by atoms with Crippen LogP contribution in [0.15, 0.2) is 41.8 Å². The van der Waals surface area contributed by atoms with Gasteiger partial charge in [-0.2, -0.15) is 0 Å². The summed E-state index contributed by atoms with van der Waals surface area (Å²) in [6, 6.07) is 5.03. The largest absolute Gasteiger partial charge is 0.398 e. The number of anilines is 1. The average Bonchev–Trinajstić information content (AvgIpc) is 2.81. The maximum absolute atomic E-state index is 12.2. The lowest BCUT2D eigenvalue weighted by atomic mass is 10.2. The number of nitrogen functional groups attached to an aromatic ring is 1. The van der Waals surface area contributed by atoms with E-state index in [4.69, 9.17) is 5.73 Å². The van der Waals surface area contributed by atoms with Crippen LogP contribution in [-0.4, -0.2) is 23.7 Å². The molecular weight excluding hydrogens is 262 g/mol. The smallest absolute Gasteiger partial charge is 0.180 e. The number of hydrogen-bond acceptors (Lipinski definition) is 4. The molecule has 0 radical (unpaired) electrons. The molecule has 0 spiro atoms. The van der Waals surface area contributed by atoms with Crippen LogP contribution in [0.2, 0.25) is 0 Å². The van der Waals surface area contributed by atoms with Gasteiger partial charge in [-0.15, -0.1) is 0 Å². The molecule has 2 aromatic rings. The molecule has 0 unspecified atom stereocenters. The van der Waals surface area contributed by atoms with Crippen molar-refractivity contribution in [2.24, 2.45) is 0 Å². The standard InChI is InChI=1S/C13H17N3O2S/c1-11-3-4-13(12(14)9-11)19(17,18)8-2-6-16-7-5-15-10-16/h3-5,7,9-10H,2,6,8,14H2,1H3. The van der Waals surface area contributed by atoms with E-state index in [-0.39, 0.29) is 10.6 Å². The highest BCUT2D eigenvalue weighted by Gasteiger charge is 2.17. The van der Waals surface area contributed by atoms with Crippen LogP contribution in [0.1, 0.15) is 12.0 Å². The van der Waals surface area contributed by atoms with Gasteiger partial charge < -0.3 is 10.3 Å². The van der Waals surface area contributed by atoms with E-state index >= 15 is 0 Å². The van der Waals surface area contributed by atoms with Crippen LogP contribution in [0.3, 0.4) is 0 Å². The predicted octanol–water partition coefficient (Wildman–Crippen LogP) is 1.64. The molecule has 0 aliphatic rings. The first-order valence-electron chi connectivity index (χ1n) is 6.04. The molecule has 0 saturated heterocycles. The fraction of sp³-hybridized carbons (Fsp3) is 0.308. The highest BCUT2D eigenvalue weighted by molar-refractivity contribution is 7.91. The van der Waals surface area contributed by atoms with E-state index in [0.29, 0.717) is 18.7 Å². The zero-order chi connectivity index (χ0) is 13.9. The third-order valence-corrected chi connectivity index (χ3v) is 4.76. The van der Waals surface area contributed by atoms with Gasteiger partial charge in [0.25, 0.3) is 0 Å². The van der Waals surface area contributed by atoms with Crippen LogP contribution in [0.5, 0.6) is 0 Å². The Morgan fingerprint density at radius 1 is 1.37 bits per heavy atom. The minimum atomic E-state index is -3.32. The van der Waals surface area contributed by atoms with Gasteiger partial charge in [0, 0.05) is 18.9 Å². The molecule has 1 heterocycles. The Morgan fingerprint density at radius 3 is 2.79 bits per heavy atom. The van der Waals surface area contributed by atoms with Gasteiger partial charge in [-0.1, -0.05) is 6.07 Å². The number of hydrogen-bond donors (Lipinski definition) is 1. The fourth-order valence-corrected chi connectivity index (χ4v) is 3.34. The van der Waals surface area contributed by atoms with Gasteiger partial charge >= 0.3 is 0 Å². The first-order valence-corrected chi connectivity index (χ1v) is 7.69. The molecule has 0 saturated carbocycles. The normalized spacial score (nSPS) is 11.6. The lowest BCUT2D eigenvalue weighted by Gasteiger charge is -2.08. The minimum Gasteiger partial charge on any atom is -0.398 e. The number of rotatable bonds is 5. The molecule has 2 rings (SSSR count). The van der Waals surface area contributed by atoms with E-state index in [1.54, 1.807) is 30.7 Å². The number of aromatic nitrogens is 2. The summed E-state index contributed by atoms with van der Waals surface area (Å²) in [5.41, 5.74) is 7.05. The van der Waals surface area contributed by atoms with E-state index in [2.05, 4.69) is 4.98 Å². The monoisotopic (exact) mass is 279 g/mol. The Balaban J connectivity index is 2.05. The summed E-state index contributed by atoms with van der Waals surface area (Å²) in [6.07, 6.45) is 5.69. The molecule has 0 amide bonds. The molecule has 0 atom stereocenters. The third kappa shape index (κ3) is 3.35. The SMILES string of the molecule is Cc1ccc(S(=O)(=O)CCCn2ccnc2)c(N)c1. The van der Waals surface area contributed by atoms with Crippen molar-refractivity contribution in [3.63, 3.8) is 0 Å². The topological polar surface area (TPSA) is 78.0 Å². The highest BCUT2D eigenvalue weighted by atomic mass is 32.2. The summed E-state index contributed by atoms with van der Waals surface area (Å²) in [6.45, 7) is 2.51. The van der Waals surface area contributed by atoms with E-state index in [1.807, 2.05) is 17.7 Å². The third-order valence-electron chi connectivity index (χ3n) is 2.89. The Hall–Kier alpha value is -1.82. The Morgan fingerprint density at radius 2 is 2.16 bits per heavy atom. The van der Waals surface area contributed by atoms with E-state index in [9.17, 15) is 8.42 Å². The number of aryl methyl sites for hydroxylation is 2. The molecule has 0 fully saturated rings. The van der Waals surface area contributed by atoms with Gasteiger partial charge in [0.05, 0.1) is 22.7 Å². The maximum atomic E-state index is 12.2. The summed E-state index contributed by atoms with van der Waals surface area (Å²) in [5, 5.41) is 0. The maximum Gasteiger partial charge on any atom is 0.180 e. The van der Waals surface area contributed by atoms with Crippen molar-refractivity contribution >= 4 is 15.5 Å². The van der Waals surface area contributed by atoms with Crippen molar-refractivity contribution in [1.29, 1.82) is 0 Å². The number of sulfone groups is 1. The molecule has 1 aromatic heterocycles. The van der Waals surface area contributed by atoms with Gasteiger partial charge in [0.2, 0.25) is 0 Å². The second-order valence-corrected chi connectivity index (χ2v) is 6.59. The molecule has 0 aliphatic heterocycles. The molecule has 0 aliphatic carbocycles. The van der Waals surface area contributed by atoms with E-state index < -0.39 is 9.84 Å². The number of imidazole rings is 1. The van der Waals surface area contributed by atoms with Crippen molar-refractivity contribution in [2.75, 3.05) is 11.5 Å². The first kappa shape index (κ1) is 13.6. The summed E-state index contributed by atoms with van der Waals surface area (Å²) in [7, 11) is -3.32. The van der Waals surface area contributed by atoms with Crippen molar-refractivity contribution in [3.8, 4) is 0 Å². The summed E-state index contributed by atoms with van der Waals surface area (Å²) >= 11 is 0. The molecule has 5 nitrogen and oxygen atoms in total. The molecular formula is C13H17N3O2S. The summed E-state index contributed by atoms with van der Waals surface area (Å²) in [4.78, 5) is 4.14. The molecule has 2 N–H and O–H groups in total. The molecule has 19 heavy (non-hydrogen) atoms. The second kappa shape index (κ2) is 5.44. The molecule has 102 valence electrons. The molecule has 0 bridgehead atoms. The Bertz CT molecular complexity index is 649. The lowest BCUT2D eigenvalue weighted by Crippen LogP contribution is -2.11. The minimum absolute atomic E-state index is 0.0818. The fourth-order valence-electron chi connectivity index (χ4n) is 1.92.